The Bertz CT molecular complexity index is 1220. The van der Waals surface area contributed by atoms with Gasteiger partial charge < -0.3 is 26.1 Å². The molecule has 2 aromatic heterocycles. The molecule has 2 aromatic rings. The number of oxime groups is 1. The number of thioether (sulfide) groups is 2. The molecular weight excluding hydrogens is 508 g/mol. The molecule has 0 aliphatic carbocycles. The third-order valence-corrected chi connectivity index (χ3v) is 7.80. The Kier molecular flexibility index (Phi) is 6.58. The van der Waals surface area contributed by atoms with E-state index in [-0.39, 0.29) is 51.2 Å². The van der Waals surface area contributed by atoms with Crippen LogP contribution in [0.5, 0.6) is 5.88 Å². The average molecular weight is 525 g/mol. The highest BCUT2D eigenvalue weighted by Gasteiger charge is 2.56. The largest absolute Gasteiger partial charge is 0.492 e. The number of carboxylic acid groups (broad SMARTS) is 1. The Hall–Kier alpha value is -3.44. The van der Waals surface area contributed by atoms with E-state index in [1.165, 1.54) is 12.0 Å². The molecule has 34 heavy (non-hydrogen) atoms. The van der Waals surface area contributed by atoms with Crippen molar-refractivity contribution in [2.24, 2.45) is 5.16 Å². The van der Waals surface area contributed by atoms with Crippen LogP contribution in [0, 0.1) is 0 Å². The number of thiazole rings is 1. The van der Waals surface area contributed by atoms with Crippen molar-refractivity contribution in [3.63, 3.8) is 0 Å². The van der Waals surface area contributed by atoms with Gasteiger partial charge in [-0.2, -0.15) is 10.1 Å². The predicted octanol–water partition coefficient (Wildman–Crippen LogP) is -0.0467. The minimum atomic E-state index is -1.52. The first-order valence-corrected chi connectivity index (χ1v) is 12.1. The number of aromatic nitrogens is 4. The van der Waals surface area contributed by atoms with Crippen LogP contribution in [-0.4, -0.2) is 77.5 Å². The quantitative estimate of drug-likeness (QED) is 0.155. The van der Waals surface area contributed by atoms with E-state index in [1.54, 1.807) is 5.38 Å². The molecule has 1 fully saturated rings. The molecule has 0 saturated carbocycles. The van der Waals surface area contributed by atoms with E-state index < -0.39 is 22.1 Å². The second kappa shape index (κ2) is 9.43. The van der Waals surface area contributed by atoms with E-state index >= 15 is 0 Å². The van der Waals surface area contributed by atoms with Crippen molar-refractivity contribution in [2.45, 2.75) is 21.8 Å². The lowest BCUT2D eigenvalue weighted by Crippen LogP contribution is -2.61. The zero-order valence-electron chi connectivity index (χ0n) is 17.2. The molecule has 5 N–H and O–H groups in total. The van der Waals surface area contributed by atoms with Crippen molar-refractivity contribution in [1.29, 1.82) is 0 Å². The van der Waals surface area contributed by atoms with Crippen molar-refractivity contribution >= 4 is 64.0 Å². The van der Waals surface area contributed by atoms with Gasteiger partial charge in [-0.05, 0) is 0 Å². The number of amides is 2. The summed E-state index contributed by atoms with van der Waals surface area (Å²) in [5.74, 6) is -2.90. The number of aromatic hydroxyl groups is 1. The molecule has 0 aromatic carbocycles. The summed E-state index contributed by atoms with van der Waals surface area (Å²) in [6, 6.07) is 0. The summed E-state index contributed by atoms with van der Waals surface area (Å²) < 4.78 is 0. The molecule has 2 atom stereocenters. The van der Waals surface area contributed by atoms with Crippen LogP contribution < -0.4 is 11.1 Å². The molecule has 0 radical (unpaired) electrons. The number of carbonyl (C=O) groups is 3. The standard InChI is InChI=1S/C17H16N8O6S3/c1-31-20-4-10(27)23-17(8-6-32-15(18)21-8)7(5-33-16-22-9(26)3-19-24-16)13(14(29)30)25-11(28)2-12(25)34-17/h3-4,6,12H,2,5H2,1H3,(H2,18,21)(H,23,27)(H,29,30)(H,22,24,26)/t12-,17?/m0/s1. The number of carbonyl (C=O) groups excluding carboxylic acids is 2. The molecule has 1 unspecified atom stereocenters. The molecule has 0 bridgehead atoms. The lowest BCUT2D eigenvalue weighted by Gasteiger charge is -2.51. The van der Waals surface area contributed by atoms with Crippen LogP contribution in [0.2, 0.25) is 0 Å². The smallest absolute Gasteiger partial charge is 0.352 e. The normalized spacial score (nSPS) is 21.9. The average Bonchev–Trinajstić information content (AvgIpc) is 3.22. The Labute approximate surface area is 203 Å². The number of nitrogens with two attached hydrogens (primary N) is 1. The van der Waals surface area contributed by atoms with E-state index in [4.69, 9.17) is 5.73 Å². The molecule has 178 valence electrons. The van der Waals surface area contributed by atoms with Gasteiger partial charge in [0, 0.05) is 16.7 Å². The van der Waals surface area contributed by atoms with Gasteiger partial charge in [0.05, 0.1) is 17.5 Å². The first-order valence-electron chi connectivity index (χ1n) is 9.33. The second-order valence-corrected chi connectivity index (χ2v) is 9.94. The van der Waals surface area contributed by atoms with Gasteiger partial charge >= 0.3 is 5.97 Å². The number of rotatable bonds is 8. The second-order valence-electron chi connectivity index (χ2n) is 6.72. The van der Waals surface area contributed by atoms with Gasteiger partial charge in [0.15, 0.2) is 10.0 Å². The van der Waals surface area contributed by atoms with Gasteiger partial charge in [-0.25, -0.2) is 9.78 Å². The minimum Gasteiger partial charge on any atom is -0.492 e. The van der Waals surface area contributed by atoms with Gasteiger partial charge in [-0.3, -0.25) is 14.5 Å². The van der Waals surface area contributed by atoms with Crippen LogP contribution >= 0.6 is 34.9 Å². The summed E-state index contributed by atoms with van der Waals surface area (Å²) in [5, 5.41) is 34.7. The maximum atomic E-state index is 12.7. The van der Waals surface area contributed by atoms with Gasteiger partial charge in [0.1, 0.15) is 25.2 Å². The van der Waals surface area contributed by atoms with E-state index in [0.717, 1.165) is 47.3 Å². The third kappa shape index (κ3) is 4.36. The monoisotopic (exact) mass is 524 g/mol. The van der Waals surface area contributed by atoms with Crippen LogP contribution in [0.3, 0.4) is 0 Å². The highest BCUT2D eigenvalue weighted by Crippen LogP contribution is 2.54. The summed E-state index contributed by atoms with van der Waals surface area (Å²) in [6.45, 7) is 0. The number of fused-ring (bicyclic) bond motifs is 1. The highest BCUT2D eigenvalue weighted by atomic mass is 32.2. The van der Waals surface area contributed by atoms with Crippen molar-refractivity contribution < 1.29 is 29.4 Å². The number of nitrogens with one attached hydrogen (secondary N) is 1. The molecule has 17 heteroatoms. The van der Waals surface area contributed by atoms with Crippen molar-refractivity contribution in [3.8, 4) is 5.88 Å². The number of hydrogen-bond acceptors (Lipinski definition) is 14. The molecule has 2 amide bonds. The Balaban J connectivity index is 1.87. The van der Waals surface area contributed by atoms with Crippen molar-refractivity contribution in [3.05, 3.63) is 28.5 Å². The molecule has 4 heterocycles. The van der Waals surface area contributed by atoms with Gasteiger partial charge in [0.2, 0.25) is 16.9 Å². The summed E-state index contributed by atoms with van der Waals surface area (Å²) in [5.41, 5.74) is 5.98. The zero-order chi connectivity index (χ0) is 24.5. The number of carboxylic acids is 1. The zero-order valence-corrected chi connectivity index (χ0v) is 19.7. The third-order valence-electron chi connectivity index (χ3n) is 4.70. The molecule has 2 aliphatic rings. The topological polar surface area (TPSA) is 206 Å². The van der Waals surface area contributed by atoms with E-state index in [2.05, 4.69) is 35.5 Å². The van der Waals surface area contributed by atoms with E-state index in [9.17, 15) is 24.6 Å². The first kappa shape index (κ1) is 23.7. The molecule has 14 nitrogen and oxygen atoms in total. The summed E-state index contributed by atoms with van der Waals surface area (Å²) in [7, 11) is 1.27. The fourth-order valence-corrected chi connectivity index (χ4v) is 6.68. The van der Waals surface area contributed by atoms with Gasteiger partial charge in [0.25, 0.3) is 5.91 Å². The molecule has 4 rings (SSSR count). The molecular formula is C17H16N8O6S3. The fourth-order valence-electron chi connectivity index (χ4n) is 3.36. The molecule has 1 saturated heterocycles. The lowest BCUT2D eigenvalue weighted by atomic mass is 9.98. The maximum Gasteiger partial charge on any atom is 0.352 e. The van der Waals surface area contributed by atoms with E-state index in [0.29, 0.717) is 0 Å². The molecule has 0 spiro atoms. The van der Waals surface area contributed by atoms with Crippen LogP contribution in [0.4, 0.5) is 5.13 Å². The van der Waals surface area contributed by atoms with Gasteiger partial charge in [-0.15, -0.1) is 16.4 Å². The number of nitrogen functional groups attached to an aromatic ring is 1. The van der Waals surface area contributed by atoms with Gasteiger partial charge in [-0.1, -0.05) is 28.7 Å². The maximum absolute atomic E-state index is 12.7. The Morgan fingerprint density at radius 2 is 2.29 bits per heavy atom. The number of β-lactam (4-membered cyclic amide) rings is 1. The molecule has 2 aliphatic heterocycles. The van der Waals surface area contributed by atoms with Crippen LogP contribution in [0.1, 0.15) is 12.1 Å². The number of aliphatic carboxylic acids is 1. The van der Waals surface area contributed by atoms with Crippen LogP contribution in [0.25, 0.3) is 0 Å². The van der Waals surface area contributed by atoms with Crippen molar-refractivity contribution in [2.75, 3.05) is 18.6 Å². The fraction of sp³-hybridized carbons (Fsp3) is 0.294. The minimum absolute atomic E-state index is 0.0539. The summed E-state index contributed by atoms with van der Waals surface area (Å²) in [6.07, 6.45) is 2.01. The number of anilines is 1. The van der Waals surface area contributed by atoms with Crippen molar-refractivity contribution in [1.82, 2.24) is 30.4 Å². The Morgan fingerprint density at radius 3 is 2.91 bits per heavy atom. The Morgan fingerprint density at radius 1 is 1.50 bits per heavy atom. The SMILES string of the molecule is CON=CC(=O)NC1(c2csc(N)n2)S[C@H]2CC(=O)N2C(C(=O)O)=C1CSc1nncc(O)n1. The van der Waals surface area contributed by atoms with E-state index in [1.807, 2.05) is 0 Å². The lowest BCUT2D eigenvalue weighted by molar-refractivity contribution is -0.146. The first-order chi connectivity index (χ1) is 16.2. The predicted molar refractivity (Wildman–Crippen MR) is 122 cm³/mol. The summed E-state index contributed by atoms with van der Waals surface area (Å²) >= 11 is 3.21. The van der Waals surface area contributed by atoms with Crippen LogP contribution in [0.15, 0.2) is 33.2 Å². The highest BCUT2D eigenvalue weighted by molar-refractivity contribution is 8.01. The summed E-state index contributed by atoms with van der Waals surface area (Å²) in [4.78, 5) is 49.9. The van der Waals surface area contributed by atoms with Crippen LogP contribution in [-0.2, 0) is 24.1 Å². The number of hydrogen-bond donors (Lipinski definition) is 4. The number of nitrogens with zero attached hydrogens (tertiary/aromatic N) is 6.